The molecule has 132 valence electrons. The molecule has 0 saturated carbocycles. The number of aryl methyl sites for hydroxylation is 3. The second-order valence-corrected chi connectivity index (χ2v) is 5.98. The predicted molar refractivity (Wildman–Crippen MR) is 92.6 cm³/mol. The molecule has 2 aromatic carbocycles. The van der Waals surface area contributed by atoms with Gasteiger partial charge in [-0.2, -0.15) is 0 Å². The van der Waals surface area contributed by atoms with Gasteiger partial charge in [0.05, 0.1) is 13.5 Å². The molecule has 0 aliphatic carbocycles. The van der Waals surface area contributed by atoms with Crippen molar-refractivity contribution in [1.29, 1.82) is 0 Å². The van der Waals surface area contributed by atoms with Crippen LogP contribution in [-0.2, 0) is 16.0 Å². The average molecular weight is 344 g/mol. The Balaban J connectivity index is 1.97. The van der Waals surface area contributed by atoms with Gasteiger partial charge >= 0.3 is 5.97 Å². The Bertz CT molecular complexity index is 812. The summed E-state index contributed by atoms with van der Waals surface area (Å²) in [5.74, 6) is -1.28. The van der Waals surface area contributed by atoms with Crippen molar-refractivity contribution in [3.8, 4) is 5.75 Å². The van der Waals surface area contributed by atoms with Gasteiger partial charge in [-0.05, 0) is 61.2 Å². The third-order valence-electron chi connectivity index (χ3n) is 4.07. The van der Waals surface area contributed by atoms with E-state index < -0.39 is 11.8 Å². The third kappa shape index (κ3) is 4.66. The number of carbonyl (C=O) groups is 2. The first kappa shape index (κ1) is 18.6. The van der Waals surface area contributed by atoms with E-state index in [0.717, 1.165) is 16.7 Å². The zero-order chi connectivity index (χ0) is 18.6. The highest BCUT2D eigenvalue weighted by Gasteiger charge is 2.14. The number of esters is 1. The maximum atomic E-state index is 13.6. The number of Topliss-reactive ketones (excluding diaryl/α,β-unsaturated/α-hetero) is 1. The van der Waals surface area contributed by atoms with Crippen molar-refractivity contribution >= 4 is 11.8 Å². The van der Waals surface area contributed by atoms with E-state index in [0.29, 0.717) is 11.1 Å². The molecule has 0 atom stereocenters. The van der Waals surface area contributed by atoms with Crippen LogP contribution in [0.2, 0.25) is 0 Å². The molecule has 4 nitrogen and oxygen atoms in total. The first-order valence-electron chi connectivity index (χ1n) is 7.91. The van der Waals surface area contributed by atoms with Crippen molar-refractivity contribution in [3.05, 3.63) is 64.0 Å². The van der Waals surface area contributed by atoms with Crippen LogP contribution in [-0.4, -0.2) is 25.5 Å². The minimum Gasteiger partial charge on any atom is -0.494 e. The van der Waals surface area contributed by atoms with Crippen molar-refractivity contribution in [1.82, 2.24) is 0 Å². The molecule has 0 aliphatic rings. The lowest BCUT2D eigenvalue weighted by atomic mass is 9.98. The summed E-state index contributed by atoms with van der Waals surface area (Å²) in [6, 6.07) is 7.99. The monoisotopic (exact) mass is 344 g/mol. The van der Waals surface area contributed by atoms with Crippen molar-refractivity contribution in [3.63, 3.8) is 0 Å². The predicted octanol–water partition coefficient (Wildman–Crippen LogP) is 3.73. The Labute approximate surface area is 146 Å². The quantitative estimate of drug-likeness (QED) is 0.592. The number of benzene rings is 2. The number of ether oxygens (including phenoxy) is 2. The van der Waals surface area contributed by atoms with E-state index in [2.05, 4.69) is 0 Å². The minimum absolute atomic E-state index is 0.109. The molecule has 25 heavy (non-hydrogen) atoms. The fourth-order valence-electron chi connectivity index (χ4n) is 2.52. The Morgan fingerprint density at radius 1 is 1.00 bits per heavy atom. The maximum Gasteiger partial charge on any atom is 0.310 e. The van der Waals surface area contributed by atoms with Crippen LogP contribution in [0.1, 0.15) is 32.6 Å². The lowest BCUT2D eigenvalue weighted by Gasteiger charge is -2.10. The molecule has 0 spiro atoms. The first-order valence-corrected chi connectivity index (χ1v) is 7.91. The summed E-state index contributed by atoms with van der Waals surface area (Å²) in [4.78, 5) is 24.2. The third-order valence-corrected chi connectivity index (χ3v) is 4.07. The molecular weight excluding hydrogens is 323 g/mol. The van der Waals surface area contributed by atoms with Crippen LogP contribution in [0.3, 0.4) is 0 Å². The summed E-state index contributed by atoms with van der Waals surface area (Å²) < 4.78 is 23.5. The second-order valence-electron chi connectivity index (χ2n) is 5.98. The summed E-state index contributed by atoms with van der Waals surface area (Å²) in [5.41, 5.74) is 3.97. The fourth-order valence-corrected chi connectivity index (χ4v) is 2.52. The standard InChI is InChI=1S/C20H21FO4/c1-12-7-14(3)16(8-13(12)2)18(22)11-25-20(23)10-15-5-6-19(24-4)17(21)9-15/h5-9H,10-11H2,1-4H3. The van der Waals surface area contributed by atoms with Gasteiger partial charge in [0.15, 0.2) is 18.2 Å². The van der Waals surface area contributed by atoms with Gasteiger partial charge in [-0.25, -0.2) is 4.39 Å². The Kier molecular flexibility index (Phi) is 5.91. The van der Waals surface area contributed by atoms with E-state index in [4.69, 9.17) is 9.47 Å². The van der Waals surface area contributed by atoms with E-state index in [9.17, 15) is 14.0 Å². The number of rotatable bonds is 6. The van der Waals surface area contributed by atoms with Crippen LogP contribution in [0, 0.1) is 26.6 Å². The maximum absolute atomic E-state index is 13.6. The average Bonchev–Trinajstić information content (AvgIpc) is 2.56. The smallest absolute Gasteiger partial charge is 0.310 e. The van der Waals surface area contributed by atoms with E-state index >= 15 is 0 Å². The van der Waals surface area contributed by atoms with Gasteiger partial charge in [-0.3, -0.25) is 9.59 Å². The normalized spacial score (nSPS) is 10.4. The zero-order valence-electron chi connectivity index (χ0n) is 14.8. The molecule has 5 heteroatoms. The number of ketones is 1. The van der Waals surface area contributed by atoms with E-state index in [1.165, 1.54) is 19.2 Å². The first-order chi connectivity index (χ1) is 11.8. The van der Waals surface area contributed by atoms with Crippen LogP contribution in [0.5, 0.6) is 5.75 Å². The van der Waals surface area contributed by atoms with Crippen molar-refractivity contribution < 1.29 is 23.5 Å². The lowest BCUT2D eigenvalue weighted by molar-refractivity contribution is -0.141. The molecule has 0 N–H and O–H groups in total. The molecule has 0 amide bonds. The molecule has 0 radical (unpaired) electrons. The van der Waals surface area contributed by atoms with E-state index in [1.54, 1.807) is 12.1 Å². The van der Waals surface area contributed by atoms with Gasteiger partial charge in [0.25, 0.3) is 0 Å². The summed E-state index contributed by atoms with van der Waals surface area (Å²) in [7, 11) is 1.37. The largest absolute Gasteiger partial charge is 0.494 e. The number of halogens is 1. The molecule has 0 heterocycles. The molecule has 0 saturated heterocycles. The Morgan fingerprint density at radius 2 is 1.68 bits per heavy atom. The highest BCUT2D eigenvalue weighted by Crippen LogP contribution is 2.19. The molecular formula is C20H21FO4. The molecule has 0 aromatic heterocycles. The molecule has 2 aromatic rings. The van der Waals surface area contributed by atoms with Crippen LogP contribution in [0.25, 0.3) is 0 Å². The van der Waals surface area contributed by atoms with Crippen LogP contribution >= 0.6 is 0 Å². The van der Waals surface area contributed by atoms with Crippen LogP contribution < -0.4 is 4.74 Å². The van der Waals surface area contributed by atoms with E-state index in [-0.39, 0.29) is 24.6 Å². The van der Waals surface area contributed by atoms with Gasteiger partial charge in [0.2, 0.25) is 5.78 Å². The highest BCUT2D eigenvalue weighted by molar-refractivity contribution is 5.99. The highest BCUT2D eigenvalue weighted by atomic mass is 19.1. The number of carbonyl (C=O) groups excluding carboxylic acids is 2. The molecule has 0 bridgehead atoms. The van der Waals surface area contributed by atoms with Crippen molar-refractivity contribution in [2.45, 2.75) is 27.2 Å². The van der Waals surface area contributed by atoms with E-state index in [1.807, 2.05) is 26.8 Å². The van der Waals surface area contributed by atoms with Crippen LogP contribution in [0.4, 0.5) is 4.39 Å². The van der Waals surface area contributed by atoms with Gasteiger partial charge in [0.1, 0.15) is 0 Å². The second kappa shape index (κ2) is 7.92. The van der Waals surface area contributed by atoms with Crippen LogP contribution in [0.15, 0.2) is 30.3 Å². The minimum atomic E-state index is -0.584. The van der Waals surface area contributed by atoms with Gasteiger partial charge in [-0.1, -0.05) is 12.1 Å². The summed E-state index contributed by atoms with van der Waals surface area (Å²) >= 11 is 0. The van der Waals surface area contributed by atoms with Crippen molar-refractivity contribution in [2.24, 2.45) is 0 Å². The number of hydrogen-bond acceptors (Lipinski definition) is 4. The Morgan fingerprint density at radius 3 is 2.32 bits per heavy atom. The molecule has 0 unspecified atom stereocenters. The topological polar surface area (TPSA) is 52.6 Å². The SMILES string of the molecule is COc1ccc(CC(=O)OCC(=O)c2cc(C)c(C)cc2C)cc1F. The van der Waals surface area contributed by atoms with Crippen molar-refractivity contribution in [2.75, 3.05) is 13.7 Å². The summed E-state index contributed by atoms with van der Waals surface area (Å²) in [6.07, 6.45) is -0.111. The molecule has 0 aliphatic heterocycles. The fraction of sp³-hybridized carbons (Fsp3) is 0.300. The van der Waals surface area contributed by atoms with Gasteiger partial charge in [-0.15, -0.1) is 0 Å². The van der Waals surface area contributed by atoms with Gasteiger partial charge < -0.3 is 9.47 Å². The summed E-state index contributed by atoms with van der Waals surface area (Å²) in [5, 5.41) is 0. The zero-order valence-corrected chi connectivity index (χ0v) is 14.8. The summed E-state index contributed by atoms with van der Waals surface area (Å²) in [6.45, 7) is 5.42. The molecule has 0 fully saturated rings. The molecule has 2 rings (SSSR count). The number of hydrogen-bond donors (Lipinski definition) is 0. The van der Waals surface area contributed by atoms with Gasteiger partial charge in [0, 0.05) is 5.56 Å². The lowest BCUT2D eigenvalue weighted by Crippen LogP contribution is -2.16. The Hall–Kier alpha value is -2.69. The number of methoxy groups -OCH3 is 1.